The average Bonchev–Trinajstić information content (AvgIpc) is 2.18. The Morgan fingerprint density at radius 1 is 1.33 bits per heavy atom. The quantitative estimate of drug-likeness (QED) is 0.591. The minimum Gasteiger partial charge on any atom is -0.382 e. The van der Waals surface area contributed by atoms with Crippen LogP contribution in [0.3, 0.4) is 0 Å². The summed E-state index contributed by atoms with van der Waals surface area (Å²) in [5.74, 6) is 0. The molecule has 12 heavy (non-hydrogen) atoms. The first-order chi connectivity index (χ1) is 5.73. The molecule has 1 nitrogen and oxygen atoms in total. The van der Waals surface area contributed by atoms with E-state index < -0.39 is 7.94 Å². The van der Waals surface area contributed by atoms with Crippen LogP contribution < -0.4 is 0 Å². The Labute approximate surface area is 76.9 Å². The van der Waals surface area contributed by atoms with Gasteiger partial charge >= 0.3 is 0 Å². The molecule has 0 saturated carbocycles. The van der Waals surface area contributed by atoms with Crippen LogP contribution in [0.15, 0.2) is 24.6 Å². The molecule has 1 fully saturated rings. The van der Waals surface area contributed by atoms with E-state index in [1.165, 1.54) is 19.3 Å². The van der Waals surface area contributed by atoms with Gasteiger partial charge in [-0.3, -0.25) is 0 Å². The average molecular weight is 180 g/mol. The van der Waals surface area contributed by atoms with Gasteiger partial charge in [0.05, 0.1) is 7.94 Å². The highest BCUT2D eigenvalue weighted by Crippen LogP contribution is 2.21. The maximum atomic E-state index is 5.74. The molecule has 1 rings (SSSR count). The van der Waals surface area contributed by atoms with Crippen LogP contribution in [0.4, 0.5) is 0 Å². The van der Waals surface area contributed by atoms with Crippen molar-refractivity contribution in [2.75, 3.05) is 6.61 Å². The van der Waals surface area contributed by atoms with Gasteiger partial charge in [0.1, 0.15) is 7.44 Å². The van der Waals surface area contributed by atoms with Crippen molar-refractivity contribution in [3.05, 3.63) is 24.6 Å². The summed E-state index contributed by atoms with van der Waals surface area (Å²) in [6, 6.07) is 0. The van der Waals surface area contributed by atoms with Gasteiger partial charge in [-0.15, -0.1) is 24.6 Å². The lowest BCUT2D eigenvalue weighted by Crippen LogP contribution is -2.48. The molecule has 0 aromatic heterocycles. The molecule has 0 aromatic rings. The van der Waals surface area contributed by atoms with Crippen LogP contribution >= 0.6 is 0 Å². The van der Waals surface area contributed by atoms with E-state index in [-0.39, 0.29) is 0 Å². The Balaban J connectivity index is 2.63. The summed E-state index contributed by atoms with van der Waals surface area (Å²) in [5, 5.41) is 0. The molecule has 1 unspecified atom stereocenters. The third-order valence-electron chi connectivity index (χ3n) is 2.75. The van der Waals surface area contributed by atoms with Crippen molar-refractivity contribution >= 4 is 15.4 Å². The molecule has 3 heteroatoms. The Hall–Kier alpha value is -0.278. The summed E-state index contributed by atoms with van der Waals surface area (Å²) >= 11 is 0. The Bertz CT molecular complexity index is 167. The molecule has 1 aliphatic heterocycles. The van der Waals surface area contributed by atoms with Crippen molar-refractivity contribution in [3.8, 4) is 0 Å². The zero-order chi connectivity index (χ0) is 9.03. The number of hydrogen-bond acceptors (Lipinski definition) is 1. The Kier molecular flexibility index (Phi) is 3.35. The second-order valence-electron chi connectivity index (χ2n) is 3.63. The van der Waals surface area contributed by atoms with E-state index in [0.29, 0.717) is 5.73 Å². The van der Waals surface area contributed by atoms with Gasteiger partial charge in [0.25, 0.3) is 0 Å². The summed E-state index contributed by atoms with van der Waals surface area (Å²) in [5.41, 5.74) is 4.59. The van der Waals surface area contributed by atoms with Gasteiger partial charge in [-0.2, -0.15) is 0 Å². The molecule has 0 aliphatic carbocycles. The van der Waals surface area contributed by atoms with Crippen LogP contribution in [0.1, 0.15) is 19.3 Å². The highest BCUT2D eigenvalue weighted by molar-refractivity contribution is 7.23. The van der Waals surface area contributed by atoms with Crippen LogP contribution in [0.25, 0.3) is 0 Å². The zero-order valence-electron chi connectivity index (χ0n) is 7.88. The summed E-state index contributed by atoms with van der Waals surface area (Å²) in [4.78, 5) is 0. The van der Waals surface area contributed by atoms with Crippen molar-refractivity contribution in [1.29, 1.82) is 0 Å². The second kappa shape index (κ2) is 4.10. The Morgan fingerprint density at radius 2 is 2.00 bits per heavy atom. The molecule has 1 atom stereocenters. The fourth-order valence-corrected chi connectivity index (χ4v) is 3.57. The first-order valence-corrected chi connectivity index (χ1v) is 7.35. The van der Waals surface area contributed by atoms with Crippen LogP contribution in [0.5, 0.6) is 0 Å². The summed E-state index contributed by atoms with van der Waals surface area (Å²) in [6.07, 6.45) is 3.71. The van der Waals surface area contributed by atoms with E-state index in [0.717, 1.165) is 6.61 Å². The molecule has 0 radical (unpaired) electrons. The van der Waals surface area contributed by atoms with Gasteiger partial charge in [-0.05, 0) is 19.3 Å². The summed E-state index contributed by atoms with van der Waals surface area (Å²) in [6.45, 7) is 8.70. The minimum absolute atomic E-state index is 0.432. The number of rotatable bonds is 3. The first-order valence-electron chi connectivity index (χ1n) is 4.62. The Morgan fingerprint density at radius 3 is 2.42 bits per heavy atom. The van der Waals surface area contributed by atoms with Crippen LogP contribution in [0.2, 0.25) is 0 Å². The lowest BCUT2D eigenvalue weighted by molar-refractivity contribution is 0.0630. The van der Waals surface area contributed by atoms with Crippen LogP contribution in [0, 0.1) is 0 Å². The third-order valence-corrected chi connectivity index (χ3v) is 6.36. The lowest BCUT2D eigenvalue weighted by atomic mass is 10.2. The van der Waals surface area contributed by atoms with Crippen molar-refractivity contribution in [3.63, 3.8) is 0 Å². The first kappa shape index (κ1) is 9.81. The van der Waals surface area contributed by atoms with Gasteiger partial charge in [0.15, 0.2) is 0 Å². The van der Waals surface area contributed by atoms with Crippen molar-refractivity contribution in [2.24, 2.45) is 0 Å². The van der Waals surface area contributed by atoms with Crippen LogP contribution in [-0.2, 0) is 4.74 Å². The predicted molar refractivity (Wildman–Crippen MR) is 58.3 cm³/mol. The standard InChI is InChI=1S/C9H17BOSi/c1-3-12(10,4-2)9-7-5-6-8-11-9/h3-4,9H,1-2,5-8,10H2. The lowest BCUT2D eigenvalue weighted by Gasteiger charge is -2.33. The van der Waals surface area contributed by atoms with Gasteiger partial charge in [0.2, 0.25) is 0 Å². The maximum Gasteiger partial charge on any atom is 0.110 e. The number of ether oxygens (including phenoxy) is 1. The van der Waals surface area contributed by atoms with Crippen molar-refractivity contribution in [2.45, 2.75) is 25.0 Å². The molecule has 1 heterocycles. The molecule has 1 saturated heterocycles. The fourth-order valence-electron chi connectivity index (χ4n) is 1.58. The predicted octanol–water partition coefficient (Wildman–Crippen LogP) is 1.12. The fraction of sp³-hybridized carbons (Fsp3) is 0.556. The van der Waals surface area contributed by atoms with Crippen molar-refractivity contribution in [1.82, 2.24) is 0 Å². The largest absolute Gasteiger partial charge is 0.382 e. The van der Waals surface area contributed by atoms with Crippen LogP contribution in [-0.4, -0.2) is 27.7 Å². The van der Waals surface area contributed by atoms with E-state index in [4.69, 9.17) is 4.74 Å². The van der Waals surface area contributed by atoms with Crippen molar-refractivity contribution < 1.29 is 4.74 Å². The van der Waals surface area contributed by atoms with Gasteiger partial charge in [-0.1, -0.05) is 0 Å². The molecule has 0 spiro atoms. The second-order valence-corrected chi connectivity index (χ2v) is 7.82. The van der Waals surface area contributed by atoms with Gasteiger partial charge in [-0.25, -0.2) is 0 Å². The molecule has 0 amide bonds. The topological polar surface area (TPSA) is 9.23 Å². The molecular formula is C9H17BOSi. The summed E-state index contributed by atoms with van der Waals surface area (Å²) < 4.78 is 5.74. The zero-order valence-corrected chi connectivity index (χ0v) is 8.88. The maximum absolute atomic E-state index is 5.74. The van der Waals surface area contributed by atoms with E-state index in [1.54, 1.807) is 0 Å². The molecule has 1 aliphatic rings. The van der Waals surface area contributed by atoms with E-state index >= 15 is 0 Å². The molecule has 66 valence electrons. The molecular weight excluding hydrogens is 163 g/mol. The van der Waals surface area contributed by atoms with Gasteiger partial charge < -0.3 is 4.74 Å². The highest BCUT2D eigenvalue weighted by Gasteiger charge is 2.32. The SMILES string of the molecule is B[Si](C=C)(C=C)C1CCCCO1. The highest BCUT2D eigenvalue weighted by atomic mass is 28.3. The monoisotopic (exact) mass is 180 g/mol. The summed E-state index contributed by atoms with van der Waals surface area (Å²) in [7, 11) is 0.776. The number of hydrogen-bond donors (Lipinski definition) is 0. The normalized spacial score (nSPS) is 24.8. The molecule has 0 aromatic carbocycles. The van der Waals surface area contributed by atoms with E-state index in [1.807, 2.05) is 0 Å². The van der Waals surface area contributed by atoms with E-state index in [2.05, 4.69) is 32.0 Å². The smallest absolute Gasteiger partial charge is 0.110 e. The van der Waals surface area contributed by atoms with E-state index in [9.17, 15) is 0 Å². The molecule has 0 N–H and O–H groups in total. The molecule has 0 bridgehead atoms. The van der Waals surface area contributed by atoms with Gasteiger partial charge in [0, 0.05) is 12.3 Å². The minimum atomic E-state index is -1.49. The third kappa shape index (κ3) is 1.90.